The van der Waals surface area contributed by atoms with Gasteiger partial charge < -0.3 is 10.6 Å². The fraction of sp³-hybridized carbons (Fsp3) is 0.400. The Kier molecular flexibility index (Phi) is 7.04. The van der Waals surface area contributed by atoms with Crippen molar-refractivity contribution in [1.29, 1.82) is 0 Å². The highest BCUT2D eigenvalue weighted by Crippen LogP contribution is 2.29. The lowest BCUT2D eigenvalue weighted by atomic mass is 10.1. The van der Waals surface area contributed by atoms with Crippen molar-refractivity contribution >= 4 is 34.5 Å². The Morgan fingerprint density at radius 1 is 1.19 bits per heavy atom. The molecule has 7 nitrogen and oxygen atoms in total. The molecule has 0 bridgehead atoms. The van der Waals surface area contributed by atoms with Crippen molar-refractivity contribution in [2.24, 2.45) is 5.92 Å². The van der Waals surface area contributed by atoms with Crippen LogP contribution in [0.4, 0.5) is 19.0 Å². The van der Waals surface area contributed by atoms with Gasteiger partial charge in [0.25, 0.3) is 5.91 Å². The number of aromatic nitrogens is 4. The first-order valence-corrected chi connectivity index (χ1v) is 10.9. The molecule has 0 saturated heterocycles. The summed E-state index contributed by atoms with van der Waals surface area (Å²) in [4.78, 5) is 21.3. The van der Waals surface area contributed by atoms with Gasteiger partial charge in [-0.1, -0.05) is 25.6 Å². The minimum absolute atomic E-state index is 0.158. The summed E-state index contributed by atoms with van der Waals surface area (Å²) >= 11 is 1.42. The summed E-state index contributed by atoms with van der Waals surface area (Å²) in [6.07, 6.45) is -0.866. The third kappa shape index (κ3) is 5.66. The molecule has 3 rings (SSSR count). The van der Waals surface area contributed by atoms with E-state index in [-0.39, 0.29) is 12.1 Å². The van der Waals surface area contributed by atoms with Gasteiger partial charge in [0.1, 0.15) is 5.82 Å². The lowest BCUT2D eigenvalue weighted by Gasteiger charge is -2.11. The normalized spacial score (nSPS) is 11.8. The number of nitrogens with one attached hydrogen (secondary N) is 2. The van der Waals surface area contributed by atoms with Crippen LogP contribution in [0.3, 0.4) is 0 Å². The second-order valence-electron chi connectivity index (χ2n) is 7.27. The highest BCUT2D eigenvalue weighted by Gasteiger charge is 2.30. The maximum atomic E-state index is 12.7. The molecule has 0 saturated carbocycles. The number of nitrogens with zero attached hydrogens (tertiary/aromatic N) is 4. The Bertz CT molecular complexity index is 1050. The van der Waals surface area contributed by atoms with Gasteiger partial charge in [-0.3, -0.25) is 4.79 Å². The molecule has 2 aromatic heterocycles. The second-order valence-corrected chi connectivity index (χ2v) is 8.04. The van der Waals surface area contributed by atoms with Crippen LogP contribution in [0.2, 0.25) is 0 Å². The fourth-order valence-corrected chi connectivity index (χ4v) is 3.17. The molecule has 0 spiro atoms. The molecule has 11 heteroatoms. The van der Waals surface area contributed by atoms with Gasteiger partial charge in [-0.15, -0.1) is 0 Å². The third-order valence-electron chi connectivity index (χ3n) is 4.42. The van der Waals surface area contributed by atoms with E-state index >= 15 is 0 Å². The highest BCUT2D eigenvalue weighted by atomic mass is 32.2. The third-order valence-corrected chi connectivity index (χ3v) is 4.97. The van der Waals surface area contributed by atoms with Crippen LogP contribution in [-0.2, 0) is 12.7 Å². The van der Waals surface area contributed by atoms with Gasteiger partial charge in [0.15, 0.2) is 10.8 Å². The van der Waals surface area contributed by atoms with Crippen LogP contribution in [-0.4, -0.2) is 45.0 Å². The van der Waals surface area contributed by atoms with Crippen LogP contribution < -0.4 is 10.6 Å². The van der Waals surface area contributed by atoms with E-state index in [2.05, 4.69) is 39.5 Å². The lowest BCUT2D eigenvalue weighted by Crippen LogP contribution is -2.27. The summed E-state index contributed by atoms with van der Waals surface area (Å²) in [5.74, 6) is 0.699. The number of hydrogen-bond donors (Lipinski definition) is 2. The Morgan fingerprint density at radius 3 is 2.52 bits per heavy atom. The number of hydrogen-bond acceptors (Lipinski definition) is 6. The number of thioether (sulfide) groups is 1. The monoisotopic (exact) mass is 452 g/mol. The smallest absolute Gasteiger partial charge is 0.369 e. The summed E-state index contributed by atoms with van der Waals surface area (Å²) in [5.41, 5.74) is 0.0121. The molecule has 2 N–H and O–H groups in total. The number of anilines is 1. The Labute approximate surface area is 181 Å². The minimum Gasteiger partial charge on any atom is -0.369 e. The Morgan fingerprint density at radius 2 is 1.90 bits per heavy atom. The minimum atomic E-state index is -4.43. The van der Waals surface area contributed by atoms with Crippen molar-refractivity contribution in [3.63, 3.8) is 0 Å². The van der Waals surface area contributed by atoms with Crippen LogP contribution in [0, 0.1) is 5.92 Å². The number of benzene rings is 1. The number of alkyl halides is 3. The van der Waals surface area contributed by atoms with Crippen molar-refractivity contribution in [2.75, 3.05) is 24.7 Å². The van der Waals surface area contributed by atoms with E-state index in [1.807, 2.05) is 6.26 Å². The van der Waals surface area contributed by atoms with Crippen molar-refractivity contribution in [1.82, 2.24) is 25.1 Å². The zero-order valence-electron chi connectivity index (χ0n) is 17.3. The summed E-state index contributed by atoms with van der Waals surface area (Å²) in [5, 5.41) is 11.8. The van der Waals surface area contributed by atoms with Crippen LogP contribution in [0.25, 0.3) is 11.0 Å². The largest absolute Gasteiger partial charge is 0.416 e. The lowest BCUT2D eigenvalue weighted by molar-refractivity contribution is -0.137. The van der Waals surface area contributed by atoms with Gasteiger partial charge in [0.2, 0.25) is 0 Å². The van der Waals surface area contributed by atoms with Gasteiger partial charge in [-0.25, -0.2) is 14.6 Å². The number of carbonyl (C=O) groups is 1. The van der Waals surface area contributed by atoms with Gasteiger partial charge in [-0.2, -0.15) is 18.3 Å². The average molecular weight is 453 g/mol. The SMILES string of the molecule is CSc1nc(NCC(C)C)c2cnn(CCNC(=O)c3ccc(C(F)(F)F)cc3)c2n1. The molecule has 0 aliphatic rings. The maximum Gasteiger partial charge on any atom is 0.416 e. The van der Waals surface area contributed by atoms with Gasteiger partial charge in [-0.05, 0) is 36.4 Å². The number of rotatable bonds is 8. The molecule has 2 heterocycles. The number of amides is 1. The molecule has 0 radical (unpaired) electrons. The van der Waals surface area contributed by atoms with E-state index in [4.69, 9.17) is 0 Å². The quantitative estimate of drug-likeness (QED) is 0.396. The average Bonchev–Trinajstić information content (AvgIpc) is 3.14. The molecular formula is C20H23F3N6OS. The van der Waals surface area contributed by atoms with Crippen molar-refractivity contribution in [2.45, 2.75) is 31.7 Å². The molecule has 0 fully saturated rings. The fourth-order valence-electron chi connectivity index (χ4n) is 2.81. The molecule has 166 valence electrons. The number of halogens is 3. The standard InChI is InChI=1S/C20H23F3N6OS/c1-12(2)10-25-16-15-11-26-29(17(15)28-19(27-16)31-3)9-8-24-18(30)13-4-6-14(7-5-13)20(21,22)23/h4-7,11-12H,8-10H2,1-3H3,(H,24,30)(H,25,27,28). The molecule has 3 aromatic rings. The molecule has 31 heavy (non-hydrogen) atoms. The first kappa shape index (κ1) is 22.9. The van der Waals surface area contributed by atoms with Crippen molar-refractivity contribution in [3.8, 4) is 0 Å². The molecule has 0 aliphatic carbocycles. The van der Waals surface area contributed by atoms with Gasteiger partial charge in [0, 0.05) is 18.7 Å². The first-order chi connectivity index (χ1) is 14.7. The molecule has 0 unspecified atom stereocenters. The predicted octanol–water partition coefficient (Wildman–Crippen LogP) is 4.06. The van der Waals surface area contributed by atoms with E-state index in [1.54, 1.807) is 10.9 Å². The summed E-state index contributed by atoms with van der Waals surface area (Å²) < 4.78 is 39.6. The second kappa shape index (κ2) is 9.54. The van der Waals surface area contributed by atoms with Crippen molar-refractivity contribution < 1.29 is 18.0 Å². The molecule has 1 aromatic carbocycles. The topological polar surface area (TPSA) is 84.7 Å². The summed E-state index contributed by atoms with van der Waals surface area (Å²) in [6.45, 7) is 5.55. The van der Waals surface area contributed by atoms with Crippen molar-refractivity contribution in [3.05, 3.63) is 41.6 Å². The van der Waals surface area contributed by atoms with Crippen LogP contribution >= 0.6 is 11.8 Å². The van der Waals surface area contributed by atoms with Gasteiger partial charge in [0.05, 0.1) is 23.7 Å². The van der Waals surface area contributed by atoms with E-state index in [1.165, 1.54) is 11.8 Å². The Hall–Kier alpha value is -2.82. The van der Waals surface area contributed by atoms with Crippen LogP contribution in [0.5, 0.6) is 0 Å². The van der Waals surface area contributed by atoms with E-state index in [0.717, 1.165) is 36.2 Å². The molecule has 0 atom stereocenters. The maximum absolute atomic E-state index is 12.7. The highest BCUT2D eigenvalue weighted by molar-refractivity contribution is 7.98. The predicted molar refractivity (Wildman–Crippen MR) is 114 cm³/mol. The summed E-state index contributed by atoms with van der Waals surface area (Å²) in [6, 6.07) is 4.10. The van der Waals surface area contributed by atoms with Crippen LogP contribution in [0.15, 0.2) is 35.6 Å². The zero-order chi connectivity index (χ0) is 22.6. The molecular weight excluding hydrogens is 429 g/mol. The van der Waals surface area contributed by atoms with E-state index in [9.17, 15) is 18.0 Å². The van der Waals surface area contributed by atoms with Crippen LogP contribution in [0.1, 0.15) is 29.8 Å². The molecule has 0 aliphatic heterocycles. The number of carbonyl (C=O) groups excluding carboxylic acids is 1. The zero-order valence-corrected chi connectivity index (χ0v) is 18.1. The Balaban J connectivity index is 1.68. The van der Waals surface area contributed by atoms with E-state index < -0.39 is 17.6 Å². The number of fused-ring (bicyclic) bond motifs is 1. The molecule has 1 amide bonds. The first-order valence-electron chi connectivity index (χ1n) is 9.66. The van der Waals surface area contributed by atoms with Gasteiger partial charge >= 0.3 is 6.18 Å². The summed E-state index contributed by atoms with van der Waals surface area (Å²) in [7, 11) is 0. The van der Waals surface area contributed by atoms with E-state index in [0.29, 0.717) is 29.1 Å².